The maximum atomic E-state index is 6.25. The lowest BCUT2D eigenvalue weighted by atomic mass is 9.76. The number of hydrogen-bond acceptors (Lipinski definition) is 2. The molecule has 2 unspecified atom stereocenters. The minimum atomic E-state index is 0.244. The molecular weight excluding hydrogens is 279 g/mol. The van der Waals surface area contributed by atoms with Crippen molar-refractivity contribution in [1.29, 1.82) is 0 Å². The standard InChI is InChI=1S/C15H22Cl2N2/c1-15(2)7-3-4-12(15)14(19-18)9-10-8-11(16)5-6-13(10)17/h5-6,8,12,14,19H,3-4,7,9,18H2,1-2H3. The van der Waals surface area contributed by atoms with E-state index in [1.165, 1.54) is 19.3 Å². The van der Waals surface area contributed by atoms with E-state index >= 15 is 0 Å². The molecule has 19 heavy (non-hydrogen) atoms. The molecule has 0 bridgehead atoms. The van der Waals surface area contributed by atoms with Gasteiger partial charge in [-0.05, 0) is 54.4 Å². The largest absolute Gasteiger partial charge is 0.271 e. The lowest BCUT2D eigenvalue weighted by molar-refractivity contribution is 0.196. The first kappa shape index (κ1) is 15.1. The van der Waals surface area contributed by atoms with Crippen molar-refractivity contribution in [1.82, 2.24) is 5.43 Å². The highest BCUT2D eigenvalue weighted by atomic mass is 35.5. The minimum Gasteiger partial charge on any atom is -0.271 e. The topological polar surface area (TPSA) is 38.0 Å². The number of nitrogens with one attached hydrogen (secondary N) is 1. The highest BCUT2D eigenvalue weighted by Crippen LogP contribution is 2.45. The van der Waals surface area contributed by atoms with Gasteiger partial charge in [-0.25, -0.2) is 0 Å². The summed E-state index contributed by atoms with van der Waals surface area (Å²) >= 11 is 12.3. The average molecular weight is 301 g/mol. The number of halogens is 2. The van der Waals surface area contributed by atoms with E-state index in [-0.39, 0.29) is 6.04 Å². The van der Waals surface area contributed by atoms with Gasteiger partial charge < -0.3 is 0 Å². The summed E-state index contributed by atoms with van der Waals surface area (Å²) in [4.78, 5) is 0. The molecule has 1 saturated carbocycles. The molecule has 2 atom stereocenters. The molecular formula is C15H22Cl2N2. The highest BCUT2D eigenvalue weighted by molar-refractivity contribution is 6.33. The van der Waals surface area contributed by atoms with Crippen LogP contribution in [0.15, 0.2) is 18.2 Å². The van der Waals surface area contributed by atoms with Gasteiger partial charge >= 0.3 is 0 Å². The Morgan fingerprint density at radius 1 is 1.42 bits per heavy atom. The number of rotatable bonds is 4. The van der Waals surface area contributed by atoms with Crippen molar-refractivity contribution in [2.45, 2.75) is 45.6 Å². The average Bonchev–Trinajstić information content (AvgIpc) is 2.70. The Bertz CT molecular complexity index is 446. The lowest BCUT2D eigenvalue weighted by Gasteiger charge is -2.34. The van der Waals surface area contributed by atoms with Crippen molar-refractivity contribution in [3.05, 3.63) is 33.8 Å². The highest BCUT2D eigenvalue weighted by Gasteiger charge is 2.39. The number of hydrazine groups is 1. The molecule has 1 aromatic rings. The molecule has 106 valence electrons. The summed E-state index contributed by atoms with van der Waals surface area (Å²) in [7, 11) is 0. The van der Waals surface area contributed by atoms with E-state index < -0.39 is 0 Å². The fourth-order valence-corrected chi connectivity index (χ4v) is 3.74. The van der Waals surface area contributed by atoms with Crippen LogP contribution < -0.4 is 11.3 Å². The Balaban J connectivity index is 2.17. The third-order valence-electron chi connectivity index (χ3n) is 4.49. The van der Waals surface area contributed by atoms with Gasteiger partial charge in [-0.15, -0.1) is 0 Å². The Labute approximate surface area is 125 Å². The fraction of sp³-hybridized carbons (Fsp3) is 0.600. The number of hydrogen-bond donors (Lipinski definition) is 2. The summed E-state index contributed by atoms with van der Waals surface area (Å²) in [5.41, 5.74) is 4.40. The molecule has 0 saturated heterocycles. The molecule has 2 rings (SSSR count). The van der Waals surface area contributed by atoms with Gasteiger partial charge in [0.1, 0.15) is 0 Å². The molecule has 3 N–H and O–H groups in total. The molecule has 0 aromatic heterocycles. The minimum absolute atomic E-state index is 0.244. The smallest absolute Gasteiger partial charge is 0.0439 e. The zero-order valence-electron chi connectivity index (χ0n) is 11.5. The van der Waals surface area contributed by atoms with E-state index in [9.17, 15) is 0 Å². The monoisotopic (exact) mass is 300 g/mol. The van der Waals surface area contributed by atoms with Crippen LogP contribution >= 0.6 is 23.2 Å². The Kier molecular flexibility index (Phi) is 4.78. The molecule has 0 radical (unpaired) electrons. The predicted octanol–water partition coefficient (Wildman–Crippen LogP) is 4.19. The fourth-order valence-electron chi connectivity index (χ4n) is 3.35. The zero-order chi connectivity index (χ0) is 14.0. The SMILES string of the molecule is CC1(C)CCCC1C(Cc1cc(Cl)ccc1Cl)NN. The first-order chi connectivity index (χ1) is 8.94. The van der Waals surface area contributed by atoms with Crippen LogP contribution in [-0.2, 0) is 6.42 Å². The van der Waals surface area contributed by atoms with Gasteiger partial charge in [0.25, 0.3) is 0 Å². The molecule has 1 aliphatic carbocycles. The van der Waals surface area contributed by atoms with Gasteiger partial charge in [0.05, 0.1) is 0 Å². The van der Waals surface area contributed by atoms with Gasteiger partial charge in [0, 0.05) is 16.1 Å². The molecule has 1 fully saturated rings. The Morgan fingerprint density at radius 3 is 2.74 bits per heavy atom. The van der Waals surface area contributed by atoms with Crippen LogP contribution in [0.25, 0.3) is 0 Å². The van der Waals surface area contributed by atoms with Crippen molar-refractivity contribution in [2.75, 3.05) is 0 Å². The van der Waals surface area contributed by atoms with Crippen molar-refractivity contribution in [3.63, 3.8) is 0 Å². The van der Waals surface area contributed by atoms with Crippen LogP contribution in [0.1, 0.15) is 38.7 Å². The van der Waals surface area contributed by atoms with Gasteiger partial charge in [0.15, 0.2) is 0 Å². The quantitative estimate of drug-likeness (QED) is 0.646. The number of benzene rings is 1. The lowest BCUT2D eigenvalue weighted by Crippen LogP contribution is -2.45. The van der Waals surface area contributed by atoms with Gasteiger partial charge in [-0.2, -0.15) is 0 Å². The van der Waals surface area contributed by atoms with Crippen LogP contribution in [0, 0.1) is 11.3 Å². The molecule has 4 heteroatoms. The van der Waals surface area contributed by atoms with Crippen LogP contribution in [0.2, 0.25) is 10.0 Å². The van der Waals surface area contributed by atoms with Gasteiger partial charge in [-0.3, -0.25) is 11.3 Å². The van der Waals surface area contributed by atoms with Crippen LogP contribution in [0.5, 0.6) is 0 Å². The van der Waals surface area contributed by atoms with E-state index in [2.05, 4.69) is 19.3 Å². The second-order valence-electron chi connectivity index (χ2n) is 6.20. The van der Waals surface area contributed by atoms with Crippen LogP contribution in [-0.4, -0.2) is 6.04 Å². The first-order valence-corrected chi connectivity index (χ1v) is 7.59. The van der Waals surface area contributed by atoms with Crippen molar-refractivity contribution < 1.29 is 0 Å². The summed E-state index contributed by atoms with van der Waals surface area (Å²) in [6.45, 7) is 4.66. The molecule has 0 amide bonds. The van der Waals surface area contributed by atoms with Gasteiger partial charge in [0.2, 0.25) is 0 Å². The van der Waals surface area contributed by atoms with Crippen molar-refractivity contribution in [2.24, 2.45) is 17.2 Å². The van der Waals surface area contributed by atoms with Crippen LogP contribution in [0.3, 0.4) is 0 Å². The summed E-state index contributed by atoms with van der Waals surface area (Å²) in [6.07, 6.45) is 4.59. The molecule has 1 aliphatic rings. The molecule has 0 aliphatic heterocycles. The molecule has 1 aromatic carbocycles. The maximum Gasteiger partial charge on any atom is 0.0439 e. The van der Waals surface area contributed by atoms with E-state index in [4.69, 9.17) is 29.0 Å². The first-order valence-electron chi connectivity index (χ1n) is 6.84. The van der Waals surface area contributed by atoms with E-state index in [1.54, 1.807) is 0 Å². The van der Waals surface area contributed by atoms with Crippen molar-refractivity contribution in [3.8, 4) is 0 Å². The predicted molar refractivity (Wildman–Crippen MR) is 82.4 cm³/mol. The van der Waals surface area contributed by atoms with Gasteiger partial charge in [-0.1, -0.05) is 43.5 Å². The van der Waals surface area contributed by atoms with E-state index in [0.29, 0.717) is 11.3 Å². The molecule has 0 spiro atoms. The van der Waals surface area contributed by atoms with Crippen molar-refractivity contribution >= 4 is 23.2 Å². The normalized spacial score (nSPS) is 23.5. The summed E-state index contributed by atoms with van der Waals surface area (Å²) in [6, 6.07) is 5.86. The second kappa shape index (κ2) is 6.01. The zero-order valence-corrected chi connectivity index (χ0v) is 13.1. The third-order valence-corrected chi connectivity index (χ3v) is 5.09. The maximum absolute atomic E-state index is 6.25. The molecule has 0 heterocycles. The van der Waals surface area contributed by atoms with E-state index in [1.807, 2.05) is 18.2 Å². The summed E-state index contributed by atoms with van der Waals surface area (Å²) in [5, 5.41) is 1.49. The third kappa shape index (κ3) is 3.43. The summed E-state index contributed by atoms with van der Waals surface area (Å²) in [5.74, 6) is 6.36. The Morgan fingerprint density at radius 2 is 2.16 bits per heavy atom. The number of nitrogens with two attached hydrogens (primary N) is 1. The van der Waals surface area contributed by atoms with E-state index in [0.717, 1.165) is 22.0 Å². The second-order valence-corrected chi connectivity index (χ2v) is 7.04. The molecule has 2 nitrogen and oxygen atoms in total. The Hall–Kier alpha value is -0.280. The summed E-state index contributed by atoms with van der Waals surface area (Å²) < 4.78 is 0. The van der Waals surface area contributed by atoms with Crippen LogP contribution in [0.4, 0.5) is 0 Å².